The van der Waals surface area contributed by atoms with Crippen molar-refractivity contribution in [3.63, 3.8) is 0 Å². The van der Waals surface area contributed by atoms with E-state index in [0.29, 0.717) is 12.3 Å². The summed E-state index contributed by atoms with van der Waals surface area (Å²) in [5, 5.41) is 3.08. The summed E-state index contributed by atoms with van der Waals surface area (Å²) in [4.78, 5) is 18.6. The third kappa shape index (κ3) is 5.13. The van der Waals surface area contributed by atoms with E-state index >= 15 is 0 Å². The number of nitrogens with one attached hydrogen (secondary N) is 1. The molecule has 2 aromatic rings. The molecule has 0 bridgehead atoms. The summed E-state index contributed by atoms with van der Waals surface area (Å²) in [5.74, 6) is 0.630. The fraction of sp³-hybridized carbons (Fsp3) is 0.429. The molecule has 1 N–H and O–H groups in total. The molecule has 1 aliphatic rings. The normalized spacial score (nSPS) is 17.6. The van der Waals surface area contributed by atoms with E-state index in [1.54, 1.807) is 12.4 Å². The number of nitrogens with zero attached hydrogens (tertiary/aromatic N) is 2. The van der Waals surface area contributed by atoms with Crippen LogP contribution in [-0.2, 0) is 17.8 Å². The Morgan fingerprint density at radius 1 is 1.24 bits per heavy atom. The maximum atomic E-state index is 12.1. The van der Waals surface area contributed by atoms with Gasteiger partial charge in [-0.25, -0.2) is 0 Å². The minimum absolute atomic E-state index is 0.0839. The molecule has 1 amide bonds. The molecule has 3 rings (SSSR count). The maximum Gasteiger partial charge on any atom is 0.224 e. The van der Waals surface area contributed by atoms with Crippen LogP contribution in [0.15, 0.2) is 42.7 Å². The van der Waals surface area contributed by atoms with Gasteiger partial charge in [-0.3, -0.25) is 14.7 Å². The summed E-state index contributed by atoms with van der Waals surface area (Å²) in [6.07, 6.45) is 5.04. The molecule has 0 aliphatic carbocycles. The van der Waals surface area contributed by atoms with E-state index in [0.717, 1.165) is 38.2 Å². The third-order valence-corrected chi connectivity index (χ3v) is 5.02. The first-order chi connectivity index (χ1) is 12.1. The molecule has 2 heterocycles. The lowest BCUT2D eigenvalue weighted by molar-refractivity contribution is -0.120. The highest BCUT2D eigenvalue weighted by Crippen LogP contribution is 2.19. The second-order valence-corrected chi connectivity index (χ2v) is 7.15. The molecule has 1 aromatic carbocycles. The Bertz CT molecular complexity index is 714. The molecule has 1 atom stereocenters. The van der Waals surface area contributed by atoms with Gasteiger partial charge in [0.15, 0.2) is 0 Å². The monoisotopic (exact) mass is 337 g/mol. The number of pyridine rings is 1. The van der Waals surface area contributed by atoms with Crippen molar-refractivity contribution in [1.82, 2.24) is 15.2 Å². The Kier molecular flexibility index (Phi) is 5.82. The Morgan fingerprint density at radius 2 is 2.12 bits per heavy atom. The summed E-state index contributed by atoms with van der Waals surface area (Å²) in [6.45, 7) is 8.25. The molecule has 1 aromatic heterocycles. The summed E-state index contributed by atoms with van der Waals surface area (Å²) in [7, 11) is 0. The van der Waals surface area contributed by atoms with Crippen LogP contribution in [0.5, 0.6) is 0 Å². The Morgan fingerprint density at radius 3 is 2.88 bits per heavy atom. The van der Waals surface area contributed by atoms with Crippen LogP contribution in [0.1, 0.15) is 28.7 Å². The molecule has 1 fully saturated rings. The first-order valence-corrected chi connectivity index (χ1v) is 9.04. The van der Waals surface area contributed by atoms with Gasteiger partial charge in [0.25, 0.3) is 0 Å². The average Bonchev–Trinajstić information content (AvgIpc) is 3.05. The smallest absolute Gasteiger partial charge is 0.224 e. The standard InChI is InChI=1S/C21H27N3O/c1-16-5-6-19(10-17(16)2)14-24-9-7-20(15-24)13-23-21(25)11-18-4-3-8-22-12-18/h3-6,8,10,12,20H,7,9,11,13-15H2,1-2H3,(H,23,25). The van der Waals surface area contributed by atoms with Gasteiger partial charge in [0.1, 0.15) is 0 Å². The van der Waals surface area contributed by atoms with Crippen molar-refractivity contribution in [2.75, 3.05) is 19.6 Å². The number of benzene rings is 1. The van der Waals surface area contributed by atoms with Crippen molar-refractivity contribution >= 4 is 5.91 Å². The number of hydrogen-bond donors (Lipinski definition) is 1. The number of carbonyl (C=O) groups is 1. The van der Waals surface area contributed by atoms with Gasteiger partial charge in [0.05, 0.1) is 6.42 Å². The van der Waals surface area contributed by atoms with Gasteiger partial charge >= 0.3 is 0 Å². The summed E-state index contributed by atoms with van der Waals surface area (Å²) >= 11 is 0. The number of aromatic nitrogens is 1. The minimum atomic E-state index is 0.0839. The van der Waals surface area contributed by atoms with Crippen LogP contribution < -0.4 is 5.32 Å². The van der Waals surface area contributed by atoms with E-state index in [4.69, 9.17) is 0 Å². The van der Waals surface area contributed by atoms with Crippen molar-refractivity contribution in [1.29, 1.82) is 0 Å². The number of hydrogen-bond acceptors (Lipinski definition) is 3. The van der Waals surface area contributed by atoms with E-state index in [9.17, 15) is 4.79 Å². The number of likely N-dealkylation sites (tertiary alicyclic amines) is 1. The molecule has 1 aliphatic heterocycles. The minimum Gasteiger partial charge on any atom is -0.355 e. The van der Waals surface area contributed by atoms with E-state index in [2.05, 4.69) is 47.2 Å². The fourth-order valence-corrected chi connectivity index (χ4v) is 3.39. The lowest BCUT2D eigenvalue weighted by Gasteiger charge is -2.17. The first kappa shape index (κ1) is 17.6. The fourth-order valence-electron chi connectivity index (χ4n) is 3.39. The third-order valence-electron chi connectivity index (χ3n) is 5.02. The number of rotatable bonds is 6. The van der Waals surface area contributed by atoms with Crippen LogP contribution in [0, 0.1) is 19.8 Å². The maximum absolute atomic E-state index is 12.1. The van der Waals surface area contributed by atoms with Gasteiger partial charge < -0.3 is 5.32 Å². The van der Waals surface area contributed by atoms with Crippen LogP contribution in [0.4, 0.5) is 0 Å². The van der Waals surface area contributed by atoms with E-state index in [1.807, 2.05) is 12.1 Å². The zero-order valence-electron chi connectivity index (χ0n) is 15.2. The van der Waals surface area contributed by atoms with E-state index in [-0.39, 0.29) is 5.91 Å². The molecular formula is C21H27N3O. The van der Waals surface area contributed by atoms with Crippen molar-refractivity contribution in [2.24, 2.45) is 5.92 Å². The SMILES string of the molecule is Cc1ccc(CN2CCC(CNC(=O)Cc3cccnc3)C2)cc1C. The lowest BCUT2D eigenvalue weighted by Crippen LogP contribution is -2.32. The van der Waals surface area contributed by atoms with Gasteiger partial charge in [-0.15, -0.1) is 0 Å². The van der Waals surface area contributed by atoms with Crippen molar-refractivity contribution in [2.45, 2.75) is 33.2 Å². The van der Waals surface area contributed by atoms with Gasteiger partial charge in [-0.1, -0.05) is 24.3 Å². The van der Waals surface area contributed by atoms with Crippen molar-refractivity contribution < 1.29 is 4.79 Å². The number of carbonyl (C=O) groups excluding carboxylic acids is 1. The molecular weight excluding hydrogens is 310 g/mol. The van der Waals surface area contributed by atoms with E-state index in [1.165, 1.54) is 16.7 Å². The van der Waals surface area contributed by atoms with Crippen LogP contribution in [0.3, 0.4) is 0 Å². The molecule has 4 nitrogen and oxygen atoms in total. The highest BCUT2D eigenvalue weighted by molar-refractivity contribution is 5.78. The predicted molar refractivity (Wildman–Crippen MR) is 100 cm³/mol. The summed E-state index contributed by atoms with van der Waals surface area (Å²) in [6, 6.07) is 10.5. The van der Waals surface area contributed by atoms with Crippen LogP contribution in [-0.4, -0.2) is 35.4 Å². The average molecular weight is 337 g/mol. The van der Waals surface area contributed by atoms with Crippen molar-refractivity contribution in [3.8, 4) is 0 Å². The van der Waals surface area contributed by atoms with Crippen LogP contribution in [0.2, 0.25) is 0 Å². The largest absolute Gasteiger partial charge is 0.355 e. The Labute approximate surface area is 150 Å². The molecule has 1 unspecified atom stereocenters. The number of aryl methyl sites for hydroxylation is 2. The first-order valence-electron chi connectivity index (χ1n) is 9.04. The quantitative estimate of drug-likeness (QED) is 0.881. The van der Waals surface area contributed by atoms with E-state index < -0.39 is 0 Å². The molecule has 0 saturated carbocycles. The second kappa shape index (κ2) is 8.26. The number of amides is 1. The van der Waals surface area contributed by atoms with Gasteiger partial charge in [0.2, 0.25) is 5.91 Å². The summed E-state index contributed by atoms with van der Waals surface area (Å²) in [5.41, 5.74) is 5.04. The van der Waals surface area contributed by atoms with Crippen LogP contribution >= 0.6 is 0 Å². The highest BCUT2D eigenvalue weighted by atomic mass is 16.1. The predicted octanol–water partition coefficient (Wildman–Crippen LogP) is 2.88. The van der Waals surface area contributed by atoms with Gasteiger partial charge in [0, 0.05) is 32.0 Å². The molecule has 4 heteroatoms. The molecule has 1 saturated heterocycles. The lowest BCUT2D eigenvalue weighted by atomic mass is 10.1. The topological polar surface area (TPSA) is 45.2 Å². The molecule has 0 spiro atoms. The Hall–Kier alpha value is -2.20. The molecule has 0 radical (unpaired) electrons. The zero-order chi connectivity index (χ0) is 17.6. The van der Waals surface area contributed by atoms with Gasteiger partial charge in [-0.05, 0) is 61.1 Å². The van der Waals surface area contributed by atoms with Crippen molar-refractivity contribution in [3.05, 3.63) is 65.0 Å². The van der Waals surface area contributed by atoms with Crippen LogP contribution in [0.25, 0.3) is 0 Å². The second-order valence-electron chi connectivity index (χ2n) is 7.15. The Balaban J connectivity index is 1.42. The highest BCUT2D eigenvalue weighted by Gasteiger charge is 2.22. The zero-order valence-corrected chi connectivity index (χ0v) is 15.2. The summed E-state index contributed by atoms with van der Waals surface area (Å²) < 4.78 is 0. The van der Waals surface area contributed by atoms with Gasteiger partial charge in [-0.2, -0.15) is 0 Å². The molecule has 132 valence electrons. The molecule has 25 heavy (non-hydrogen) atoms.